The zero-order chi connectivity index (χ0) is 20.4. The first-order chi connectivity index (χ1) is 13.9. The summed E-state index contributed by atoms with van der Waals surface area (Å²) in [5, 5.41) is 2.65. The third-order valence-electron chi connectivity index (χ3n) is 5.54. The molecular formula is C25H30O2Si2. The van der Waals surface area contributed by atoms with E-state index >= 15 is 0 Å². The summed E-state index contributed by atoms with van der Waals surface area (Å²) in [5.74, 6) is -0.679. The van der Waals surface area contributed by atoms with Crippen molar-refractivity contribution >= 4 is 27.0 Å². The predicted octanol–water partition coefficient (Wildman–Crippen LogP) is 5.26. The molecule has 0 N–H and O–H groups in total. The summed E-state index contributed by atoms with van der Waals surface area (Å²) in [6.45, 7) is 6.76. The van der Waals surface area contributed by atoms with E-state index in [1.807, 2.05) is 0 Å². The molecule has 1 unspecified atom stereocenters. The molecule has 0 saturated carbocycles. The zero-order valence-electron chi connectivity index (χ0n) is 17.6. The van der Waals surface area contributed by atoms with Crippen LogP contribution in [0.2, 0.25) is 25.7 Å². The lowest BCUT2D eigenvalue weighted by Crippen LogP contribution is -2.67. The maximum atomic E-state index is 7.35. The second-order valence-electron chi connectivity index (χ2n) is 8.85. The van der Waals surface area contributed by atoms with Crippen molar-refractivity contribution < 1.29 is 8.85 Å². The molecule has 1 fully saturated rings. The Balaban J connectivity index is 1.89. The van der Waals surface area contributed by atoms with Gasteiger partial charge < -0.3 is 8.85 Å². The van der Waals surface area contributed by atoms with Gasteiger partial charge in [0.05, 0.1) is 0 Å². The quantitative estimate of drug-likeness (QED) is 0.526. The van der Waals surface area contributed by atoms with Crippen LogP contribution in [0.3, 0.4) is 0 Å². The van der Waals surface area contributed by atoms with E-state index in [-0.39, 0.29) is 0 Å². The summed E-state index contributed by atoms with van der Waals surface area (Å²) in [7, 11) is -4.32. The van der Waals surface area contributed by atoms with E-state index in [1.54, 1.807) is 0 Å². The fourth-order valence-electron chi connectivity index (χ4n) is 4.46. The zero-order valence-corrected chi connectivity index (χ0v) is 19.6. The highest BCUT2D eigenvalue weighted by molar-refractivity contribution is 6.97. The molecule has 4 rings (SSSR count). The first-order valence-corrected chi connectivity index (χ1v) is 16.0. The van der Waals surface area contributed by atoms with Gasteiger partial charge in [0.2, 0.25) is 0 Å². The second kappa shape index (κ2) is 8.03. The van der Waals surface area contributed by atoms with Gasteiger partial charge in [-0.25, -0.2) is 0 Å². The van der Waals surface area contributed by atoms with Crippen molar-refractivity contribution in [2.24, 2.45) is 0 Å². The minimum absolute atomic E-state index is 0.679. The molecule has 0 bridgehead atoms. The van der Waals surface area contributed by atoms with E-state index in [0.717, 1.165) is 24.4 Å². The van der Waals surface area contributed by atoms with Crippen LogP contribution >= 0.6 is 0 Å². The maximum Gasteiger partial charge on any atom is 0.259 e. The van der Waals surface area contributed by atoms with E-state index in [2.05, 4.69) is 111 Å². The van der Waals surface area contributed by atoms with Crippen molar-refractivity contribution in [2.75, 3.05) is 0 Å². The van der Waals surface area contributed by atoms with E-state index < -0.39 is 22.4 Å². The molecule has 150 valence electrons. The standard InChI is InChI=1S/C25H30O2Si2/c1-28(2,3)26-25(22-14-7-4-8-15-22)20-13-21-29(27-25,23-16-9-5-10-17-23)24-18-11-6-12-19-24/h4-12,14-19H,13,20-21H2,1-3H3. The molecule has 0 radical (unpaired) electrons. The molecule has 3 aromatic carbocycles. The van der Waals surface area contributed by atoms with E-state index in [4.69, 9.17) is 8.85 Å². The molecule has 0 amide bonds. The molecule has 0 aromatic heterocycles. The third-order valence-corrected chi connectivity index (χ3v) is 10.7. The lowest BCUT2D eigenvalue weighted by Gasteiger charge is -2.50. The fraction of sp³-hybridized carbons (Fsp3) is 0.280. The Morgan fingerprint density at radius 1 is 0.759 bits per heavy atom. The highest BCUT2D eigenvalue weighted by Gasteiger charge is 2.52. The molecule has 1 aliphatic heterocycles. The lowest BCUT2D eigenvalue weighted by atomic mass is 10.0. The monoisotopic (exact) mass is 418 g/mol. The fourth-order valence-corrected chi connectivity index (χ4v) is 10.0. The third kappa shape index (κ3) is 4.17. The Morgan fingerprint density at radius 3 is 1.72 bits per heavy atom. The van der Waals surface area contributed by atoms with Crippen molar-refractivity contribution in [3.8, 4) is 0 Å². The van der Waals surface area contributed by atoms with E-state index in [1.165, 1.54) is 10.4 Å². The van der Waals surface area contributed by atoms with Gasteiger partial charge in [-0.1, -0.05) is 91.0 Å². The Bertz CT molecular complexity index is 884. The Kier molecular flexibility index (Phi) is 5.62. The summed E-state index contributed by atoms with van der Waals surface area (Å²) in [6, 6.07) is 33.3. The van der Waals surface area contributed by atoms with Gasteiger partial charge in [-0.05, 0) is 42.5 Å². The summed E-state index contributed by atoms with van der Waals surface area (Å²) in [6.07, 6.45) is 1.99. The second-order valence-corrected chi connectivity index (χ2v) is 16.8. The topological polar surface area (TPSA) is 18.5 Å². The van der Waals surface area contributed by atoms with Crippen LogP contribution in [-0.2, 0) is 14.6 Å². The minimum Gasteiger partial charge on any atom is -0.388 e. The van der Waals surface area contributed by atoms with Crippen LogP contribution in [0.5, 0.6) is 0 Å². The largest absolute Gasteiger partial charge is 0.388 e. The molecule has 4 heteroatoms. The molecule has 1 atom stereocenters. The van der Waals surface area contributed by atoms with Crippen LogP contribution in [-0.4, -0.2) is 16.6 Å². The van der Waals surface area contributed by atoms with Gasteiger partial charge in [-0.15, -0.1) is 0 Å². The van der Waals surface area contributed by atoms with Crippen LogP contribution in [0.15, 0.2) is 91.0 Å². The van der Waals surface area contributed by atoms with Crippen molar-refractivity contribution in [2.45, 2.75) is 44.3 Å². The van der Waals surface area contributed by atoms with Gasteiger partial charge in [0, 0.05) is 12.0 Å². The molecule has 2 nitrogen and oxygen atoms in total. The van der Waals surface area contributed by atoms with Gasteiger partial charge in [-0.2, -0.15) is 0 Å². The van der Waals surface area contributed by atoms with Gasteiger partial charge in [0.1, 0.15) is 0 Å². The minimum atomic E-state index is -2.46. The smallest absolute Gasteiger partial charge is 0.259 e. The highest BCUT2D eigenvalue weighted by Crippen LogP contribution is 2.43. The number of rotatable bonds is 5. The molecule has 1 saturated heterocycles. The molecule has 29 heavy (non-hydrogen) atoms. The average molecular weight is 419 g/mol. The SMILES string of the molecule is C[Si](C)(C)OC1(c2ccccc2)CCC[Si](c2ccccc2)(c2ccccc2)O1. The van der Waals surface area contributed by atoms with E-state index in [9.17, 15) is 0 Å². The number of hydrogen-bond acceptors (Lipinski definition) is 2. The molecule has 1 heterocycles. The molecule has 1 aliphatic rings. The number of hydrogen-bond donors (Lipinski definition) is 0. The molecule has 0 spiro atoms. The summed E-state index contributed by atoms with van der Waals surface area (Å²) >= 11 is 0. The average Bonchev–Trinajstić information content (AvgIpc) is 2.74. The first kappa shape index (κ1) is 20.3. The van der Waals surface area contributed by atoms with Crippen molar-refractivity contribution in [1.82, 2.24) is 0 Å². The first-order valence-electron chi connectivity index (χ1n) is 10.5. The summed E-state index contributed by atoms with van der Waals surface area (Å²) in [4.78, 5) is 0. The molecule has 0 aliphatic carbocycles. The highest BCUT2D eigenvalue weighted by atomic mass is 28.4. The normalized spacial score (nSPS) is 21.6. The van der Waals surface area contributed by atoms with Gasteiger partial charge in [0.15, 0.2) is 14.1 Å². The Labute approximate surface area is 176 Å². The summed E-state index contributed by atoms with van der Waals surface area (Å²) in [5.41, 5.74) is 1.14. The van der Waals surface area contributed by atoms with Crippen LogP contribution in [0, 0.1) is 0 Å². The Morgan fingerprint density at radius 2 is 1.24 bits per heavy atom. The molecule has 3 aromatic rings. The molecular weight excluding hydrogens is 388 g/mol. The lowest BCUT2D eigenvalue weighted by molar-refractivity contribution is -0.148. The van der Waals surface area contributed by atoms with Crippen molar-refractivity contribution in [1.29, 1.82) is 0 Å². The van der Waals surface area contributed by atoms with Crippen LogP contribution in [0.4, 0.5) is 0 Å². The Hall–Kier alpha value is -1.99. The van der Waals surface area contributed by atoms with Gasteiger partial charge in [0.25, 0.3) is 8.32 Å². The van der Waals surface area contributed by atoms with Gasteiger partial charge >= 0.3 is 0 Å². The van der Waals surface area contributed by atoms with Crippen molar-refractivity contribution in [3.05, 3.63) is 96.6 Å². The summed E-state index contributed by atoms with van der Waals surface area (Å²) < 4.78 is 14.2. The maximum absolute atomic E-state index is 7.35. The van der Waals surface area contributed by atoms with Crippen LogP contribution in [0.1, 0.15) is 18.4 Å². The number of benzene rings is 3. The van der Waals surface area contributed by atoms with Gasteiger partial charge in [-0.3, -0.25) is 0 Å². The van der Waals surface area contributed by atoms with Crippen LogP contribution in [0.25, 0.3) is 0 Å². The van der Waals surface area contributed by atoms with E-state index in [0.29, 0.717) is 0 Å². The predicted molar refractivity (Wildman–Crippen MR) is 126 cm³/mol. The van der Waals surface area contributed by atoms with Crippen molar-refractivity contribution in [3.63, 3.8) is 0 Å². The van der Waals surface area contributed by atoms with Crippen LogP contribution < -0.4 is 10.4 Å².